The summed E-state index contributed by atoms with van der Waals surface area (Å²) in [5.74, 6) is 0.889. The number of likely N-dealkylation sites (tertiary alicyclic amines) is 1. The van der Waals surface area contributed by atoms with Crippen LogP contribution in [0, 0.1) is 5.92 Å². The van der Waals surface area contributed by atoms with E-state index in [2.05, 4.69) is 19.2 Å². The molecule has 1 fully saturated rings. The first-order chi connectivity index (χ1) is 6.13. The summed E-state index contributed by atoms with van der Waals surface area (Å²) in [7, 11) is 1.97. The highest BCUT2D eigenvalue weighted by Gasteiger charge is 2.24. The van der Waals surface area contributed by atoms with Crippen LogP contribution in [0.2, 0.25) is 0 Å². The Morgan fingerprint density at radius 1 is 1.62 bits per heavy atom. The Bertz CT molecular complexity index is 180. The third-order valence-corrected chi connectivity index (χ3v) is 2.49. The predicted molar refractivity (Wildman–Crippen MR) is 53.5 cm³/mol. The molecule has 76 valence electrons. The average Bonchev–Trinajstić information content (AvgIpc) is 2.08. The Balaban J connectivity index is 2.45. The van der Waals surface area contributed by atoms with E-state index in [-0.39, 0.29) is 0 Å². The lowest BCUT2D eigenvalue weighted by molar-refractivity contribution is -0.134. The fraction of sp³-hybridized carbons (Fsp3) is 0.900. The van der Waals surface area contributed by atoms with Crippen molar-refractivity contribution in [2.24, 2.45) is 5.92 Å². The van der Waals surface area contributed by atoms with Crippen molar-refractivity contribution < 1.29 is 4.79 Å². The molecule has 0 spiro atoms. The van der Waals surface area contributed by atoms with Crippen LogP contribution in [0.15, 0.2) is 0 Å². The number of amides is 1. The van der Waals surface area contributed by atoms with E-state index in [0.29, 0.717) is 24.3 Å². The zero-order valence-corrected chi connectivity index (χ0v) is 8.84. The van der Waals surface area contributed by atoms with Crippen molar-refractivity contribution in [2.75, 3.05) is 20.1 Å². The molecule has 1 saturated heterocycles. The van der Waals surface area contributed by atoms with Gasteiger partial charge in [-0.3, -0.25) is 4.79 Å². The van der Waals surface area contributed by atoms with Crippen LogP contribution in [0.25, 0.3) is 0 Å². The van der Waals surface area contributed by atoms with Crippen LogP contribution in [-0.4, -0.2) is 37.0 Å². The molecule has 0 saturated carbocycles. The van der Waals surface area contributed by atoms with Crippen LogP contribution in [0.3, 0.4) is 0 Å². The molecular formula is C10H20N2O. The molecule has 1 amide bonds. The van der Waals surface area contributed by atoms with Crippen LogP contribution in [0.5, 0.6) is 0 Å². The van der Waals surface area contributed by atoms with E-state index in [1.165, 1.54) is 0 Å². The summed E-state index contributed by atoms with van der Waals surface area (Å²) in [6, 6.07) is 0.497. The van der Waals surface area contributed by atoms with E-state index in [0.717, 1.165) is 19.5 Å². The van der Waals surface area contributed by atoms with Crippen LogP contribution >= 0.6 is 0 Å². The highest BCUT2D eigenvalue weighted by Crippen LogP contribution is 2.12. The first-order valence-corrected chi connectivity index (χ1v) is 5.08. The molecule has 1 N–H and O–H groups in total. The van der Waals surface area contributed by atoms with Gasteiger partial charge in [0.15, 0.2) is 0 Å². The fourth-order valence-corrected chi connectivity index (χ4v) is 1.77. The van der Waals surface area contributed by atoms with Gasteiger partial charge in [-0.2, -0.15) is 0 Å². The van der Waals surface area contributed by atoms with Crippen LogP contribution < -0.4 is 5.32 Å². The van der Waals surface area contributed by atoms with E-state index in [4.69, 9.17) is 0 Å². The van der Waals surface area contributed by atoms with E-state index < -0.39 is 0 Å². The van der Waals surface area contributed by atoms with Gasteiger partial charge in [0.05, 0.1) is 0 Å². The Labute approximate surface area is 80.5 Å². The molecule has 1 heterocycles. The molecule has 1 aliphatic rings. The Hall–Kier alpha value is -0.570. The summed E-state index contributed by atoms with van der Waals surface area (Å²) < 4.78 is 0. The molecule has 3 nitrogen and oxygen atoms in total. The van der Waals surface area contributed by atoms with Crippen molar-refractivity contribution in [1.82, 2.24) is 10.2 Å². The number of piperidine rings is 1. The largest absolute Gasteiger partial charge is 0.341 e. The second-order valence-corrected chi connectivity index (χ2v) is 4.22. The van der Waals surface area contributed by atoms with Crippen molar-refractivity contribution in [2.45, 2.75) is 32.7 Å². The minimum absolute atomic E-state index is 0.320. The number of nitrogens with one attached hydrogen (secondary N) is 1. The number of carbonyl (C=O) groups excluding carboxylic acids is 1. The topological polar surface area (TPSA) is 32.3 Å². The van der Waals surface area contributed by atoms with Gasteiger partial charge in [-0.25, -0.2) is 0 Å². The lowest BCUT2D eigenvalue weighted by Crippen LogP contribution is -2.48. The molecule has 0 aromatic carbocycles. The molecule has 0 bridgehead atoms. The normalized spacial score (nSPS) is 24.2. The molecule has 1 unspecified atom stereocenters. The summed E-state index contributed by atoms with van der Waals surface area (Å²) in [4.78, 5) is 13.5. The third kappa shape index (κ3) is 2.99. The van der Waals surface area contributed by atoms with E-state index in [9.17, 15) is 4.79 Å². The van der Waals surface area contributed by atoms with Gasteiger partial charge in [-0.15, -0.1) is 0 Å². The lowest BCUT2D eigenvalue weighted by Gasteiger charge is -2.33. The monoisotopic (exact) mass is 184 g/mol. The molecular weight excluding hydrogens is 164 g/mol. The number of likely N-dealkylation sites (N-methyl/N-ethyl adjacent to an activating group) is 1. The molecule has 13 heavy (non-hydrogen) atoms. The van der Waals surface area contributed by atoms with Gasteiger partial charge < -0.3 is 10.2 Å². The zero-order valence-electron chi connectivity index (χ0n) is 8.84. The molecule has 0 aromatic rings. The molecule has 3 heteroatoms. The smallest absolute Gasteiger partial charge is 0.222 e. The minimum atomic E-state index is 0.320. The third-order valence-electron chi connectivity index (χ3n) is 2.49. The van der Waals surface area contributed by atoms with Crippen molar-refractivity contribution in [1.29, 1.82) is 0 Å². The quantitative estimate of drug-likeness (QED) is 0.705. The first kappa shape index (κ1) is 10.5. The van der Waals surface area contributed by atoms with Crippen molar-refractivity contribution in [3.05, 3.63) is 0 Å². The number of carbonyl (C=O) groups is 1. The molecule has 1 atom stereocenters. The summed E-state index contributed by atoms with van der Waals surface area (Å²) in [5.41, 5.74) is 0. The van der Waals surface area contributed by atoms with Crippen molar-refractivity contribution in [3.8, 4) is 0 Å². The summed E-state index contributed by atoms with van der Waals surface area (Å²) in [6.45, 7) is 6.08. The highest BCUT2D eigenvalue weighted by molar-refractivity contribution is 5.77. The second kappa shape index (κ2) is 4.61. The highest BCUT2D eigenvalue weighted by atomic mass is 16.2. The van der Waals surface area contributed by atoms with Gasteiger partial charge in [0.2, 0.25) is 5.91 Å². The van der Waals surface area contributed by atoms with E-state index in [1.54, 1.807) is 0 Å². The Morgan fingerprint density at radius 2 is 2.31 bits per heavy atom. The van der Waals surface area contributed by atoms with Crippen LogP contribution in [0.1, 0.15) is 26.7 Å². The van der Waals surface area contributed by atoms with Crippen molar-refractivity contribution >= 4 is 5.91 Å². The number of hydrogen-bond acceptors (Lipinski definition) is 2. The number of hydrogen-bond donors (Lipinski definition) is 1. The van der Waals surface area contributed by atoms with Gasteiger partial charge in [0, 0.05) is 25.6 Å². The molecule has 1 aliphatic heterocycles. The van der Waals surface area contributed by atoms with Gasteiger partial charge in [0.1, 0.15) is 0 Å². The van der Waals surface area contributed by atoms with Crippen LogP contribution in [0.4, 0.5) is 0 Å². The molecule has 0 aromatic heterocycles. The molecule has 0 aliphatic carbocycles. The van der Waals surface area contributed by atoms with E-state index >= 15 is 0 Å². The second-order valence-electron chi connectivity index (χ2n) is 4.22. The zero-order chi connectivity index (χ0) is 9.84. The molecule has 0 radical (unpaired) electrons. The van der Waals surface area contributed by atoms with Gasteiger partial charge in [-0.05, 0) is 19.4 Å². The van der Waals surface area contributed by atoms with Crippen LogP contribution in [-0.2, 0) is 4.79 Å². The standard InChI is InChI=1S/C10H20N2O/c1-8(2)6-12-7-9(11-3)4-5-10(12)13/h8-9,11H,4-7H2,1-3H3. The maximum absolute atomic E-state index is 11.5. The lowest BCUT2D eigenvalue weighted by atomic mass is 10.0. The SMILES string of the molecule is CNC1CCC(=O)N(CC(C)C)C1. The maximum Gasteiger partial charge on any atom is 0.222 e. The summed E-state index contributed by atoms with van der Waals surface area (Å²) in [5, 5.41) is 3.23. The van der Waals surface area contributed by atoms with E-state index in [1.807, 2.05) is 11.9 Å². The van der Waals surface area contributed by atoms with Gasteiger partial charge in [-0.1, -0.05) is 13.8 Å². The Kier molecular flexibility index (Phi) is 3.72. The summed E-state index contributed by atoms with van der Waals surface area (Å²) in [6.07, 6.45) is 1.70. The Morgan fingerprint density at radius 3 is 2.85 bits per heavy atom. The number of nitrogens with zero attached hydrogens (tertiary/aromatic N) is 1. The predicted octanol–water partition coefficient (Wildman–Crippen LogP) is 0.853. The fourth-order valence-electron chi connectivity index (χ4n) is 1.77. The molecule has 1 rings (SSSR count). The minimum Gasteiger partial charge on any atom is -0.341 e. The van der Waals surface area contributed by atoms with Crippen molar-refractivity contribution in [3.63, 3.8) is 0 Å². The first-order valence-electron chi connectivity index (χ1n) is 5.08. The van der Waals surface area contributed by atoms with Gasteiger partial charge >= 0.3 is 0 Å². The number of rotatable bonds is 3. The van der Waals surface area contributed by atoms with Gasteiger partial charge in [0.25, 0.3) is 0 Å². The maximum atomic E-state index is 11.5. The average molecular weight is 184 g/mol. The summed E-state index contributed by atoms with van der Waals surface area (Å²) >= 11 is 0.